The highest BCUT2D eigenvalue weighted by Gasteiger charge is 2.07. The predicted octanol–water partition coefficient (Wildman–Crippen LogP) is 3.04. The lowest BCUT2D eigenvalue weighted by atomic mass is 10.2. The Morgan fingerprint density at radius 1 is 1.05 bits per heavy atom. The smallest absolute Gasteiger partial charge is 0.217 e. The van der Waals surface area contributed by atoms with E-state index in [1.165, 1.54) is 6.07 Å². The van der Waals surface area contributed by atoms with Gasteiger partial charge in [0.25, 0.3) is 0 Å². The molecule has 0 aliphatic carbocycles. The van der Waals surface area contributed by atoms with E-state index in [0.29, 0.717) is 36.0 Å². The number of rotatable bonds is 6. The number of ether oxygens (including phenoxy) is 2. The number of benzene rings is 1. The summed E-state index contributed by atoms with van der Waals surface area (Å²) in [5.74, 6) is -0.743. The summed E-state index contributed by atoms with van der Waals surface area (Å²) in [6, 6.07) is 5.31. The summed E-state index contributed by atoms with van der Waals surface area (Å²) in [5.41, 5.74) is 1.24. The van der Waals surface area contributed by atoms with Crippen LogP contribution in [0.15, 0.2) is 24.3 Å². The Morgan fingerprint density at radius 3 is 2.52 bits per heavy atom. The molecule has 1 aromatic heterocycles. The molecule has 2 rings (SSSR count). The van der Waals surface area contributed by atoms with Gasteiger partial charge in [0.15, 0.2) is 11.6 Å². The number of aromatic nitrogens is 2. The zero-order chi connectivity index (χ0) is 15.2. The summed E-state index contributed by atoms with van der Waals surface area (Å²) in [4.78, 5) is 8.53. The van der Waals surface area contributed by atoms with Crippen molar-refractivity contribution in [3.63, 3.8) is 0 Å². The highest BCUT2D eigenvalue weighted by molar-refractivity contribution is 5.20. The Kier molecular flexibility index (Phi) is 5.16. The molecule has 112 valence electrons. The van der Waals surface area contributed by atoms with Gasteiger partial charge in [0.1, 0.15) is 12.4 Å². The third kappa shape index (κ3) is 4.19. The third-order valence-electron chi connectivity index (χ3n) is 2.78. The van der Waals surface area contributed by atoms with Crippen LogP contribution < -0.4 is 4.74 Å². The lowest BCUT2D eigenvalue weighted by molar-refractivity contribution is 0.180. The minimum atomic E-state index is -0.895. The molecule has 0 atom stereocenters. The van der Waals surface area contributed by atoms with E-state index >= 15 is 0 Å². The molecule has 0 amide bonds. The molecule has 0 unspecified atom stereocenters. The van der Waals surface area contributed by atoms with Crippen molar-refractivity contribution in [3.8, 4) is 5.88 Å². The molecule has 0 aliphatic rings. The summed E-state index contributed by atoms with van der Waals surface area (Å²) >= 11 is 0. The van der Waals surface area contributed by atoms with Gasteiger partial charge in [0, 0.05) is 19.6 Å². The van der Waals surface area contributed by atoms with Crippen LogP contribution in [-0.4, -0.2) is 17.1 Å². The van der Waals surface area contributed by atoms with E-state index in [1.807, 2.05) is 6.92 Å². The summed E-state index contributed by atoms with van der Waals surface area (Å²) in [7, 11) is 1.58. The van der Waals surface area contributed by atoms with Crippen LogP contribution in [0.4, 0.5) is 8.78 Å². The van der Waals surface area contributed by atoms with E-state index in [2.05, 4.69) is 9.97 Å². The molecule has 0 radical (unpaired) electrons. The Hall–Kier alpha value is -2.08. The van der Waals surface area contributed by atoms with E-state index in [4.69, 9.17) is 9.47 Å². The molecule has 6 heteroatoms. The van der Waals surface area contributed by atoms with Gasteiger partial charge >= 0.3 is 0 Å². The van der Waals surface area contributed by atoms with Crippen molar-refractivity contribution < 1.29 is 18.3 Å². The summed E-state index contributed by atoms with van der Waals surface area (Å²) in [6.45, 7) is 2.39. The fraction of sp³-hybridized carbons (Fsp3) is 0.333. The number of hydrogen-bond acceptors (Lipinski definition) is 4. The average molecular weight is 294 g/mol. The van der Waals surface area contributed by atoms with Gasteiger partial charge in [0.05, 0.1) is 12.3 Å². The van der Waals surface area contributed by atoms with Crippen molar-refractivity contribution in [2.75, 3.05) is 7.11 Å². The minimum Gasteiger partial charge on any atom is -0.473 e. The maximum atomic E-state index is 13.1. The van der Waals surface area contributed by atoms with Gasteiger partial charge < -0.3 is 9.47 Å². The lowest BCUT2D eigenvalue weighted by Crippen LogP contribution is -2.04. The average Bonchev–Trinajstić information content (AvgIpc) is 2.48. The predicted molar refractivity (Wildman–Crippen MR) is 72.8 cm³/mol. The SMILES string of the molecule is CCc1nc(COC)cc(OCc2ccc(F)c(F)c2)n1. The van der Waals surface area contributed by atoms with Crippen LogP contribution in [0, 0.1) is 11.6 Å². The second-order valence-corrected chi connectivity index (χ2v) is 4.44. The number of halogens is 2. The second kappa shape index (κ2) is 7.08. The van der Waals surface area contributed by atoms with Crippen molar-refractivity contribution >= 4 is 0 Å². The van der Waals surface area contributed by atoms with Crippen LogP contribution in [-0.2, 0) is 24.4 Å². The number of methoxy groups -OCH3 is 1. The first-order chi connectivity index (χ1) is 10.1. The van der Waals surface area contributed by atoms with Crippen molar-refractivity contribution in [3.05, 3.63) is 53.0 Å². The molecule has 0 aliphatic heterocycles. The van der Waals surface area contributed by atoms with Gasteiger partial charge in [-0.25, -0.2) is 13.8 Å². The third-order valence-corrected chi connectivity index (χ3v) is 2.78. The lowest BCUT2D eigenvalue weighted by Gasteiger charge is -2.09. The number of nitrogens with zero attached hydrogens (tertiary/aromatic N) is 2. The Balaban J connectivity index is 2.11. The van der Waals surface area contributed by atoms with Gasteiger partial charge in [-0.2, -0.15) is 4.98 Å². The van der Waals surface area contributed by atoms with Gasteiger partial charge in [-0.1, -0.05) is 13.0 Å². The molecular weight excluding hydrogens is 278 g/mol. The van der Waals surface area contributed by atoms with Crippen molar-refractivity contribution in [1.29, 1.82) is 0 Å². The first-order valence-corrected chi connectivity index (χ1v) is 6.55. The van der Waals surface area contributed by atoms with Crippen LogP contribution >= 0.6 is 0 Å². The molecule has 0 N–H and O–H groups in total. The van der Waals surface area contributed by atoms with Crippen LogP contribution in [0.3, 0.4) is 0 Å². The van der Waals surface area contributed by atoms with Gasteiger partial charge in [-0.15, -0.1) is 0 Å². The quantitative estimate of drug-likeness (QED) is 0.821. The van der Waals surface area contributed by atoms with E-state index < -0.39 is 11.6 Å². The van der Waals surface area contributed by atoms with Crippen LogP contribution in [0.5, 0.6) is 5.88 Å². The topological polar surface area (TPSA) is 44.2 Å². The summed E-state index contributed by atoms with van der Waals surface area (Å²) in [6.07, 6.45) is 0.666. The summed E-state index contributed by atoms with van der Waals surface area (Å²) in [5, 5.41) is 0. The molecular formula is C15H16F2N2O2. The van der Waals surface area contributed by atoms with E-state index in [9.17, 15) is 8.78 Å². The van der Waals surface area contributed by atoms with Gasteiger partial charge in [-0.3, -0.25) is 0 Å². The molecule has 21 heavy (non-hydrogen) atoms. The standard InChI is InChI=1S/C15H16F2N2O2/c1-3-14-18-11(9-20-2)7-15(19-14)21-8-10-4-5-12(16)13(17)6-10/h4-7H,3,8-9H2,1-2H3. The molecule has 1 heterocycles. The van der Waals surface area contributed by atoms with Crippen molar-refractivity contribution in [2.24, 2.45) is 0 Å². The minimum absolute atomic E-state index is 0.101. The monoisotopic (exact) mass is 294 g/mol. The molecule has 4 nitrogen and oxygen atoms in total. The van der Waals surface area contributed by atoms with Crippen molar-refractivity contribution in [2.45, 2.75) is 26.6 Å². The molecule has 0 spiro atoms. The maximum Gasteiger partial charge on any atom is 0.217 e. The highest BCUT2D eigenvalue weighted by Crippen LogP contribution is 2.14. The first kappa shape index (κ1) is 15.3. The first-order valence-electron chi connectivity index (χ1n) is 6.55. The number of hydrogen-bond donors (Lipinski definition) is 0. The second-order valence-electron chi connectivity index (χ2n) is 4.44. The summed E-state index contributed by atoms with van der Waals surface area (Å²) < 4.78 is 36.5. The normalized spacial score (nSPS) is 10.7. The fourth-order valence-corrected chi connectivity index (χ4v) is 1.77. The zero-order valence-electron chi connectivity index (χ0n) is 11.9. The maximum absolute atomic E-state index is 13.1. The van der Waals surface area contributed by atoms with Crippen LogP contribution in [0.25, 0.3) is 0 Å². The van der Waals surface area contributed by atoms with E-state index in [1.54, 1.807) is 13.2 Å². The van der Waals surface area contributed by atoms with E-state index in [0.717, 1.165) is 12.1 Å². The molecule has 0 saturated carbocycles. The highest BCUT2D eigenvalue weighted by atomic mass is 19.2. The molecule has 1 aromatic carbocycles. The van der Waals surface area contributed by atoms with Gasteiger partial charge in [0.2, 0.25) is 5.88 Å². The Bertz CT molecular complexity index is 621. The van der Waals surface area contributed by atoms with Crippen LogP contribution in [0.2, 0.25) is 0 Å². The Morgan fingerprint density at radius 2 is 1.86 bits per heavy atom. The fourth-order valence-electron chi connectivity index (χ4n) is 1.77. The van der Waals surface area contributed by atoms with Crippen molar-refractivity contribution in [1.82, 2.24) is 9.97 Å². The Labute approximate surface area is 121 Å². The van der Waals surface area contributed by atoms with Gasteiger partial charge in [-0.05, 0) is 17.7 Å². The largest absolute Gasteiger partial charge is 0.473 e. The van der Waals surface area contributed by atoms with Crippen LogP contribution in [0.1, 0.15) is 24.0 Å². The molecule has 2 aromatic rings. The zero-order valence-corrected chi connectivity index (χ0v) is 11.9. The van der Waals surface area contributed by atoms with E-state index in [-0.39, 0.29) is 6.61 Å². The molecule has 0 fully saturated rings. The molecule has 0 bridgehead atoms. The molecule has 0 saturated heterocycles. The number of aryl methyl sites for hydroxylation is 1.